The zero-order chi connectivity index (χ0) is 22.8. The van der Waals surface area contributed by atoms with E-state index in [1.54, 1.807) is 30.5 Å². The van der Waals surface area contributed by atoms with Crippen LogP contribution in [0.5, 0.6) is 5.75 Å². The molecule has 164 valence electrons. The van der Waals surface area contributed by atoms with Crippen LogP contribution in [0, 0.1) is 6.92 Å². The smallest absolute Gasteiger partial charge is 0.379 e. The second-order valence-electron chi connectivity index (χ2n) is 7.79. The zero-order valence-corrected chi connectivity index (χ0v) is 18.0. The Morgan fingerprint density at radius 3 is 2.70 bits per heavy atom. The second kappa shape index (κ2) is 8.70. The van der Waals surface area contributed by atoms with Gasteiger partial charge in [0.1, 0.15) is 17.2 Å². The lowest BCUT2D eigenvalue weighted by Crippen LogP contribution is -2.22. The molecule has 0 spiro atoms. The van der Waals surface area contributed by atoms with Crippen molar-refractivity contribution in [3.63, 3.8) is 0 Å². The van der Waals surface area contributed by atoms with Gasteiger partial charge in [0, 0.05) is 29.1 Å². The Balaban J connectivity index is 1.41. The zero-order valence-electron chi connectivity index (χ0n) is 18.0. The summed E-state index contributed by atoms with van der Waals surface area (Å²) in [5.74, 6) is 0.346. The van der Waals surface area contributed by atoms with Crippen LogP contribution in [0.3, 0.4) is 0 Å². The van der Waals surface area contributed by atoms with Crippen molar-refractivity contribution in [1.29, 1.82) is 0 Å². The highest BCUT2D eigenvalue weighted by molar-refractivity contribution is 6.07. The Bertz CT molecular complexity index is 1380. The van der Waals surface area contributed by atoms with Gasteiger partial charge in [-0.25, -0.2) is 10.2 Å². The molecule has 33 heavy (non-hydrogen) atoms. The van der Waals surface area contributed by atoms with Crippen LogP contribution in [0.4, 0.5) is 0 Å². The molecule has 0 atom stereocenters. The number of hydrogen-bond donors (Lipinski definition) is 1. The first-order valence-corrected chi connectivity index (χ1v) is 10.7. The topological polar surface area (TPSA) is 93.8 Å². The molecule has 4 aromatic rings. The van der Waals surface area contributed by atoms with Gasteiger partial charge in [0.15, 0.2) is 0 Å². The number of hydrazone groups is 1. The lowest BCUT2D eigenvalue weighted by atomic mass is 9.93. The number of benzene rings is 2. The molecule has 1 aliphatic rings. The molecule has 1 amide bonds. The molecule has 1 N–H and O–H groups in total. The average Bonchev–Trinajstić information content (AvgIpc) is 3.20. The van der Waals surface area contributed by atoms with E-state index >= 15 is 0 Å². The second-order valence-corrected chi connectivity index (χ2v) is 7.79. The van der Waals surface area contributed by atoms with E-state index in [2.05, 4.69) is 15.5 Å². The normalized spacial score (nSPS) is 14.2. The molecule has 0 bridgehead atoms. The third-order valence-electron chi connectivity index (χ3n) is 5.65. The monoisotopic (exact) mass is 439 g/mol. The lowest BCUT2D eigenvalue weighted by molar-refractivity contribution is 0.0700. The third kappa shape index (κ3) is 4.01. The van der Waals surface area contributed by atoms with E-state index in [9.17, 15) is 9.59 Å². The van der Waals surface area contributed by atoms with Crippen molar-refractivity contribution in [3.8, 4) is 5.75 Å². The van der Waals surface area contributed by atoms with Crippen LogP contribution in [-0.2, 0) is 6.42 Å². The third-order valence-corrected chi connectivity index (χ3v) is 5.65. The molecule has 5 rings (SSSR count). The summed E-state index contributed by atoms with van der Waals surface area (Å²) in [4.78, 5) is 29.4. The van der Waals surface area contributed by atoms with E-state index in [1.165, 1.54) is 0 Å². The summed E-state index contributed by atoms with van der Waals surface area (Å²) in [6.07, 6.45) is 3.70. The van der Waals surface area contributed by atoms with Crippen LogP contribution in [0.25, 0.3) is 10.8 Å². The fourth-order valence-electron chi connectivity index (χ4n) is 4.08. The van der Waals surface area contributed by atoms with Crippen LogP contribution in [0.15, 0.2) is 76.4 Å². The maximum atomic E-state index is 13.0. The number of hydrogen-bond acceptors (Lipinski definition) is 6. The van der Waals surface area contributed by atoms with E-state index in [0.29, 0.717) is 35.6 Å². The number of rotatable bonds is 4. The highest BCUT2D eigenvalue weighted by Crippen LogP contribution is 2.32. The van der Waals surface area contributed by atoms with Crippen LogP contribution in [-0.4, -0.2) is 22.6 Å². The molecule has 1 aliphatic carbocycles. The maximum absolute atomic E-state index is 13.0. The fourth-order valence-corrected chi connectivity index (χ4v) is 4.08. The number of fused-ring (bicyclic) bond motifs is 2. The first kappa shape index (κ1) is 20.6. The SMILES string of the molecule is Cc1c(C(=O)Oc2cccc3ccccc23)oc2c1/C(=N/NC(=O)c1ccccn1)CCC2. The van der Waals surface area contributed by atoms with Gasteiger partial charge in [-0.05, 0) is 43.4 Å². The number of esters is 1. The Morgan fingerprint density at radius 1 is 1.03 bits per heavy atom. The predicted molar refractivity (Wildman–Crippen MR) is 124 cm³/mol. The van der Waals surface area contributed by atoms with Crippen LogP contribution in [0.1, 0.15) is 50.8 Å². The van der Waals surface area contributed by atoms with Crippen LogP contribution < -0.4 is 10.2 Å². The minimum Gasteiger partial charge on any atom is -0.453 e. The number of amides is 1. The summed E-state index contributed by atoms with van der Waals surface area (Å²) in [5, 5.41) is 6.16. The number of aromatic nitrogens is 1. The largest absolute Gasteiger partial charge is 0.453 e. The van der Waals surface area contributed by atoms with Gasteiger partial charge in [0.2, 0.25) is 5.76 Å². The number of aryl methyl sites for hydroxylation is 1. The van der Waals surface area contributed by atoms with Crippen molar-refractivity contribution in [1.82, 2.24) is 10.4 Å². The maximum Gasteiger partial charge on any atom is 0.379 e. The van der Waals surface area contributed by atoms with E-state index in [0.717, 1.165) is 22.8 Å². The standard InChI is InChI=1S/C26H21N3O4/c1-16-23-19(28-29-25(30)20-11-4-5-15-27-20)12-7-14-22(23)32-24(16)26(31)33-21-13-6-9-17-8-2-3-10-18(17)21/h2-6,8-11,13,15H,7,12,14H2,1H3,(H,29,30)/b28-19+. The molecule has 0 unspecified atom stereocenters. The van der Waals surface area contributed by atoms with Crippen molar-refractivity contribution in [2.24, 2.45) is 5.10 Å². The first-order chi connectivity index (χ1) is 16.1. The molecule has 2 heterocycles. The number of furan rings is 1. The van der Waals surface area contributed by atoms with Crippen molar-refractivity contribution >= 4 is 28.4 Å². The summed E-state index contributed by atoms with van der Waals surface area (Å²) in [6, 6.07) is 18.4. The number of carbonyl (C=O) groups excluding carboxylic acids is 2. The van der Waals surface area contributed by atoms with E-state index in [1.807, 2.05) is 43.3 Å². The summed E-state index contributed by atoms with van der Waals surface area (Å²) in [6.45, 7) is 1.81. The molecule has 0 saturated carbocycles. The molecular formula is C26H21N3O4. The summed E-state index contributed by atoms with van der Waals surface area (Å²) < 4.78 is 11.6. The molecule has 0 aliphatic heterocycles. The predicted octanol–water partition coefficient (Wildman–Crippen LogP) is 4.83. The van der Waals surface area contributed by atoms with E-state index in [4.69, 9.17) is 9.15 Å². The van der Waals surface area contributed by atoms with Crippen molar-refractivity contribution in [2.75, 3.05) is 0 Å². The van der Waals surface area contributed by atoms with Gasteiger partial charge in [0.25, 0.3) is 5.91 Å². The Kier molecular flexibility index (Phi) is 5.44. The van der Waals surface area contributed by atoms with Gasteiger partial charge in [-0.2, -0.15) is 5.10 Å². The van der Waals surface area contributed by atoms with Crippen molar-refractivity contribution in [3.05, 3.63) is 95.2 Å². The van der Waals surface area contributed by atoms with Gasteiger partial charge in [-0.3, -0.25) is 9.78 Å². The van der Waals surface area contributed by atoms with Gasteiger partial charge < -0.3 is 9.15 Å². The Morgan fingerprint density at radius 2 is 1.85 bits per heavy atom. The lowest BCUT2D eigenvalue weighted by Gasteiger charge is -2.13. The molecule has 7 heteroatoms. The van der Waals surface area contributed by atoms with Crippen molar-refractivity contribution in [2.45, 2.75) is 26.2 Å². The van der Waals surface area contributed by atoms with Crippen LogP contribution in [0.2, 0.25) is 0 Å². The quantitative estimate of drug-likeness (QED) is 0.279. The Hall–Kier alpha value is -4.26. The number of carbonyl (C=O) groups is 2. The number of nitrogens with one attached hydrogen (secondary N) is 1. The average molecular weight is 439 g/mol. The molecule has 0 saturated heterocycles. The van der Waals surface area contributed by atoms with Crippen LogP contribution >= 0.6 is 0 Å². The minimum atomic E-state index is -0.560. The van der Waals surface area contributed by atoms with Crippen molar-refractivity contribution < 1.29 is 18.7 Å². The minimum absolute atomic E-state index is 0.151. The summed E-state index contributed by atoms with van der Waals surface area (Å²) in [7, 11) is 0. The molecule has 7 nitrogen and oxygen atoms in total. The van der Waals surface area contributed by atoms with Gasteiger partial charge >= 0.3 is 5.97 Å². The fraction of sp³-hybridized carbons (Fsp3) is 0.154. The van der Waals surface area contributed by atoms with E-state index < -0.39 is 11.9 Å². The number of ether oxygens (including phenoxy) is 1. The first-order valence-electron chi connectivity index (χ1n) is 10.7. The van der Waals surface area contributed by atoms with E-state index in [-0.39, 0.29) is 11.5 Å². The highest BCUT2D eigenvalue weighted by Gasteiger charge is 2.29. The molecule has 0 fully saturated rings. The molecule has 0 radical (unpaired) electrons. The van der Waals surface area contributed by atoms with Gasteiger partial charge in [-0.15, -0.1) is 0 Å². The van der Waals surface area contributed by atoms with Gasteiger partial charge in [0.05, 0.1) is 5.71 Å². The summed E-state index contributed by atoms with van der Waals surface area (Å²) in [5.41, 5.74) is 4.93. The number of nitrogens with zero attached hydrogens (tertiary/aromatic N) is 2. The number of pyridine rings is 1. The van der Waals surface area contributed by atoms with Gasteiger partial charge in [-0.1, -0.05) is 42.5 Å². The Labute approximate surface area is 190 Å². The molecular weight excluding hydrogens is 418 g/mol. The molecule has 2 aromatic carbocycles. The molecule has 2 aromatic heterocycles. The summed E-state index contributed by atoms with van der Waals surface area (Å²) >= 11 is 0. The highest BCUT2D eigenvalue weighted by atomic mass is 16.5.